The number of hydrogen-bond donors (Lipinski definition) is 1. The zero-order valence-electron chi connectivity index (χ0n) is 10.1. The molecule has 0 amide bonds. The zero-order chi connectivity index (χ0) is 12.3. The van der Waals surface area contributed by atoms with Crippen molar-refractivity contribution in [2.75, 3.05) is 12.8 Å². The molecule has 1 aromatic carbocycles. The third-order valence-corrected chi connectivity index (χ3v) is 2.54. The van der Waals surface area contributed by atoms with E-state index < -0.39 is 0 Å². The van der Waals surface area contributed by atoms with Crippen molar-refractivity contribution in [2.45, 2.75) is 19.9 Å². The summed E-state index contributed by atoms with van der Waals surface area (Å²) in [5.74, 6) is 1.51. The lowest BCUT2D eigenvalue weighted by atomic mass is 10.1. The maximum atomic E-state index is 5.88. The van der Waals surface area contributed by atoms with Crippen LogP contribution in [-0.4, -0.2) is 21.9 Å². The molecule has 0 unspecified atom stereocenters. The number of rotatable bonds is 4. The zero-order valence-corrected chi connectivity index (χ0v) is 10.1. The molecule has 0 aliphatic carbocycles. The summed E-state index contributed by atoms with van der Waals surface area (Å²) >= 11 is 0. The van der Waals surface area contributed by atoms with E-state index in [0.717, 1.165) is 24.4 Å². The second-order valence-electron chi connectivity index (χ2n) is 3.76. The number of benzene rings is 1. The van der Waals surface area contributed by atoms with Crippen molar-refractivity contribution in [3.05, 3.63) is 24.5 Å². The lowest BCUT2D eigenvalue weighted by Gasteiger charge is -2.08. The Morgan fingerprint density at radius 2 is 2.24 bits per heavy atom. The van der Waals surface area contributed by atoms with Crippen LogP contribution < -0.4 is 10.5 Å². The molecule has 1 aromatic heterocycles. The Kier molecular flexibility index (Phi) is 3.27. The van der Waals surface area contributed by atoms with Gasteiger partial charge < -0.3 is 10.5 Å². The van der Waals surface area contributed by atoms with Crippen LogP contribution in [0.25, 0.3) is 11.4 Å². The van der Waals surface area contributed by atoms with Crippen molar-refractivity contribution in [3.63, 3.8) is 0 Å². The Bertz CT molecular complexity index is 507. The molecule has 2 aromatic rings. The van der Waals surface area contributed by atoms with E-state index >= 15 is 0 Å². The van der Waals surface area contributed by atoms with Crippen LogP contribution in [0.2, 0.25) is 0 Å². The summed E-state index contributed by atoms with van der Waals surface area (Å²) in [4.78, 5) is 4.26. The number of anilines is 1. The highest BCUT2D eigenvalue weighted by atomic mass is 16.5. The van der Waals surface area contributed by atoms with Gasteiger partial charge in [0, 0.05) is 12.1 Å². The second kappa shape index (κ2) is 4.86. The Morgan fingerprint density at radius 3 is 2.88 bits per heavy atom. The van der Waals surface area contributed by atoms with E-state index in [9.17, 15) is 0 Å². The Morgan fingerprint density at radius 1 is 1.41 bits per heavy atom. The maximum absolute atomic E-state index is 5.88. The Labute approximate surface area is 100 Å². The van der Waals surface area contributed by atoms with Crippen molar-refractivity contribution < 1.29 is 4.74 Å². The summed E-state index contributed by atoms with van der Waals surface area (Å²) in [6.45, 7) is 2.95. The molecule has 17 heavy (non-hydrogen) atoms. The minimum atomic E-state index is 0.607. The summed E-state index contributed by atoms with van der Waals surface area (Å²) in [5, 5.41) is 4.19. The number of nitrogens with two attached hydrogens (primary N) is 1. The number of ether oxygens (including phenoxy) is 1. The first-order valence-corrected chi connectivity index (χ1v) is 5.58. The maximum Gasteiger partial charge on any atom is 0.158 e. The molecule has 0 radical (unpaired) electrons. The minimum Gasteiger partial charge on any atom is -0.495 e. The van der Waals surface area contributed by atoms with E-state index in [1.54, 1.807) is 13.4 Å². The number of aryl methyl sites for hydroxylation is 1. The highest BCUT2D eigenvalue weighted by molar-refractivity contribution is 5.66. The highest BCUT2D eigenvalue weighted by Crippen LogP contribution is 2.27. The van der Waals surface area contributed by atoms with Crippen LogP contribution in [0.1, 0.15) is 13.3 Å². The van der Waals surface area contributed by atoms with E-state index in [1.807, 2.05) is 22.9 Å². The molecule has 0 spiro atoms. The van der Waals surface area contributed by atoms with E-state index in [4.69, 9.17) is 10.5 Å². The molecule has 0 saturated heterocycles. The quantitative estimate of drug-likeness (QED) is 0.818. The van der Waals surface area contributed by atoms with Gasteiger partial charge in [-0.15, -0.1) is 0 Å². The number of nitrogen functional groups attached to an aromatic ring is 1. The lowest BCUT2D eigenvalue weighted by Crippen LogP contribution is -2.02. The minimum absolute atomic E-state index is 0.607. The third kappa shape index (κ3) is 2.22. The first-order valence-electron chi connectivity index (χ1n) is 5.58. The van der Waals surface area contributed by atoms with E-state index in [0.29, 0.717) is 11.4 Å². The fourth-order valence-corrected chi connectivity index (χ4v) is 1.74. The molecule has 5 nitrogen and oxygen atoms in total. The molecule has 0 atom stereocenters. The van der Waals surface area contributed by atoms with Gasteiger partial charge in [0.05, 0.1) is 12.8 Å². The van der Waals surface area contributed by atoms with Gasteiger partial charge in [0.2, 0.25) is 0 Å². The van der Waals surface area contributed by atoms with Crippen LogP contribution in [-0.2, 0) is 6.54 Å². The number of nitrogens with zero attached hydrogens (tertiary/aromatic N) is 3. The standard InChI is InChI=1S/C12H16N4O/c1-3-6-16-12(14-8-15-16)9-4-5-11(17-2)10(13)7-9/h4-5,7-8H,3,6,13H2,1-2H3. The van der Waals surface area contributed by atoms with Crippen molar-refractivity contribution in [3.8, 4) is 17.1 Å². The van der Waals surface area contributed by atoms with Crippen molar-refractivity contribution in [1.82, 2.24) is 14.8 Å². The molecule has 0 saturated carbocycles. The van der Waals surface area contributed by atoms with Crippen LogP contribution in [0.5, 0.6) is 5.75 Å². The first-order chi connectivity index (χ1) is 8.26. The molecule has 2 rings (SSSR count). The van der Waals surface area contributed by atoms with Gasteiger partial charge in [0.1, 0.15) is 12.1 Å². The van der Waals surface area contributed by atoms with Crippen molar-refractivity contribution in [2.24, 2.45) is 0 Å². The van der Waals surface area contributed by atoms with E-state index in [2.05, 4.69) is 17.0 Å². The number of aromatic nitrogens is 3. The molecular weight excluding hydrogens is 216 g/mol. The van der Waals surface area contributed by atoms with Gasteiger partial charge in [0.25, 0.3) is 0 Å². The highest BCUT2D eigenvalue weighted by Gasteiger charge is 2.08. The van der Waals surface area contributed by atoms with Gasteiger partial charge in [-0.05, 0) is 24.6 Å². The van der Waals surface area contributed by atoms with Gasteiger partial charge in [-0.1, -0.05) is 6.92 Å². The summed E-state index contributed by atoms with van der Waals surface area (Å²) < 4.78 is 7.00. The van der Waals surface area contributed by atoms with Crippen LogP contribution in [0, 0.1) is 0 Å². The number of hydrogen-bond acceptors (Lipinski definition) is 4. The third-order valence-electron chi connectivity index (χ3n) is 2.54. The average molecular weight is 232 g/mol. The summed E-state index contributed by atoms with van der Waals surface area (Å²) in [6.07, 6.45) is 2.58. The van der Waals surface area contributed by atoms with E-state index in [1.165, 1.54) is 0 Å². The molecule has 0 aliphatic rings. The summed E-state index contributed by atoms with van der Waals surface area (Å²) in [6, 6.07) is 5.63. The summed E-state index contributed by atoms with van der Waals surface area (Å²) in [5.41, 5.74) is 7.44. The molecule has 0 aliphatic heterocycles. The monoisotopic (exact) mass is 232 g/mol. The second-order valence-corrected chi connectivity index (χ2v) is 3.76. The van der Waals surface area contributed by atoms with Gasteiger partial charge in [-0.2, -0.15) is 5.10 Å². The van der Waals surface area contributed by atoms with Crippen molar-refractivity contribution >= 4 is 5.69 Å². The lowest BCUT2D eigenvalue weighted by molar-refractivity contribution is 0.417. The first kappa shape index (κ1) is 11.4. The molecular formula is C12H16N4O. The molecule has 0 bridgehead atoms. The largest absolute Gasteiger partial charge is 0.495 e. The topological polar surface area (TPSA) is 66.0 Å². The molecule has 2 N–H and O–H groups in total. The predicted molar refractivity (Wildman–Crippen MR) is 66.7 cm³/mol. The molecule has 90 valence electrons. The van der Waals surface area contributed by atoms with Crippen LogP contribution in [0.15, 0.2) is 24.5 Å². The normalized spacial score (nSPS) is 10.5. The Balaban J connectivity index is 2.39. The predicted octanol–water partition coefficient (Wildman–Crippen LogP) is 1.95. The van der Waals surface area contributed by atoms with Gasteiger partial charge in [-0.25, -0.2) is 9.67 Å². The van der Waals surface area contributed by atoms with Crippen molar-refractivity contribution in [1.29, 1.82) is 0 Å². The van der Waals surface area contributed by atoms with Gasteiger partial charge >= 0.3 is 0 Å². The number of methoxy groups -OCH3 is 1. The Hall–Kier alpha value is -2.04. The molecule has 5 heteroatoms. The van der Waals surface area contributed by atoms with Crippen LogP contribution in [0.4, 0.5) is 5.69 Å². The smallest absolute Gasteiger partial charge is 0.158 e. The average Bonchev–Trinajstić information content (AvgIpc) is 2.78. The van der Waals surface area contributed by atoms with Gasteiger partial charge in [0.15, 0.2) is 5.82 Å². The van der Waals surface area contributed by atoms with Gasteiger partial charge in [-0.3, -0.25) is 0 Å². The fraction of sp³-hybridized carbons (Fsp3) is 0.333. The SMILES string of the molecule is CCCn1ncnc1-c1ccc(OC)c(N)c1. The van der Waals surface area contributed by atoms with Crippen LogP contribution >= 0.6 is 0 Å². The fourth-order valence-electron chi connectivity index (χ4n) is 1.74. The molecule has 0 fully saturated rings. The molecule has 1 heterocycles. The van der Waals surface area contributed by atoms with E-state index in [-0.39, 0.29) is 0 Å². The summed E-state index contributed by atoms with van der Waals surface area (Å²) in [7, 11) is 1.60. The van der Waals surface area contributed by atoms with Crippen LogP contribution in [0.3, 0.4) is 0 Å².